The molecule has 0 radical (unpaired) electrons. The van der Waals surface area contributed by atoms with Crippen LogP contribution in [-0.2, 0) is 24.3 Å². The molecule has 0 saturated carbocycles. The van der Waals surface area contributed by atoms with Gasteiger partial charge >= 0.3 is 0 Å². The van der Waals surface area contributed by atoms with E-state index in [9.17, 15) is 18.0 Å². The van der Waals surface area contributed by atoms with Crippen LogP contribution in [0.3, 0.4) is 0 Å². The molecule has 8 nitrogen and oxygen atoms in total. The van der Waals surface area contributed by atoms with E-state index in [2.05, 4.69) is 5.32 Å². The van der Waals surface area contributed by atoms with Crippen molar-refractivity contribution in [1.29, 1.82) is 0 Å². The van der Waals surface area contributed by atoms with Gasteiger partial charge in [0.1, 0.15) is 4.90 Å². The number of benzene rings is 2. The van der Waals surface area contributed by atoms with Crippen molar-refractivity contribution in [1.82, 2.24) is 4.31 Å². The van der Waals surface area contributed by atoms with Crippen LogP contribution in [-0.4, -0.2) is 57.4 Å². The predicted octanol–water partition coefficient (Wildman–Crippen LogP) is 2.97. The number of sulfonamides is 1. The third kappa shape index (κ3) is 4.77. The minimum Gasteiger partial charge on any atom is -0.379 e. The van der Waals surface area contributed by atoms with Gasteiger partial charge in [-0.1, -0.05) is 23.7 Å². The highest BCUT2D eigenvalue weighted by Gasteiger charge is 2.36. The molecule has 2 aliphatic rings. The highest BCUT2D eigenvalue weighted by Crippen LogP contribution is 2.31. The van der Waals surface area contributed by atoms with Crippen molar-refractivity contribution in [3.8, 4) is 0 Å². The van der Waals surface area contributed by atoms with E-state index in [1.165, 1.54) is 16.4 Å². The van der Waals surface area contributed by atoms with E-state index < -0.39 is 15.9 Å². The van der Waals surface area contributed by atoms with Crippen LogP contribution in [0.5, 0.6) is 0 Å². The van der Waals surface area contributed by atoms with Crippen LogP contribution in [0.2, 0.25) is 5.02 Å². The van der Waals surface area contributed by atoms with Crippen molar-refractivity contribution in [2.45, 2.75) is 25.2 Å². The molecule has 2 amide bonds. The molecule has 1 atom stereocenters. The smallest absolute Gasteiger partial charge is 0.244 e. The number of carbonyl (C=O) groups is 2. The Morgan fingerprint density at radius 1 is 1.15 bits per heavy atom. The Morgan fingerprint density at radius 2 is 1.88 bits per heavy atom. The van der Waals surface area contributed by atoms with Crippen LogP contribution in [0.25, 0.3) is 0 Å². The van der Waals surface area contributed by atoms with Gasteiger partial charge in [0.25, 0.3) is 0 Å². The molecule has 4 rings (SSSR count). The molecule has 176 valence electrons. The van der Waals surface area contributed by atoms with Gasteiger partial charge in [0.05, 0.1) is 24.2 Å². The monoisotopic (exact) mass is 491 g/mol. The number of ether oxygens (including phenoxy) is 1. The van der Waals surface area contributed by atoms with Crippen molar-refractivity contribution >= 4 is 44.8 Å². The lowest BCUT2D eigenvalue weighted by Gasteiger charge is -2.26. The standard InChI is InChI=1S/C23H26ClN3O5S/c1-15-4-3-5-20(16(15)2)27-14-17(12-22(27)28)23(29)25-18-6-7-19(24)21(13-18)33(30,31)26-8-10-32-11-9-26/h3-7,13,17H,8-12,14H2,1-2H3,(H,25,29). The first-order valence-electron chi connectivity index (χ1n) is 10.7. The van der Waals surface area contributed by atoms with Gasteiger partial charge in [-0.25, -0.2) is 8.42 Å². The second-order valence-corrected chi connectivity index (χ2v) is 10.6. The number of rotatable bonds is 5. The first-order chi connectivity index (χ1) is 15.7. The molecule has 2 aliphatic heterocycles. The molecule has 10 heteroatoms. The fourth-order valence-electron chi connectivity index (χ4n) is 4.09. The van der Waals surface area contributed by atoms with Crippen LogP contribution in [0.4, 0.5) is 11.4 Å². The number of hydrogen-bond acceptors (Lipinski definition) is 5. The normalized spacial score (nSPS) is 19.7. The molecule has 0 spiro atoms. The number of nitrogens with one attached hydrogen (secondary N) is 1. The number of carbonyl (C=O) groups excluding carboxylic acids is 2. The third-order valence-electron chi connectivity index (χ3n) is 6.15. The summed E-state index contributed by atoms with van der Waals surface area (Å²) >= 11 is 6.20. The lowest BCUT2D eigenvalue weighted by Crippen LogP contribution is -2.40. The molecule has 0 bridgehead atoms. The van der Waals surface area contributed by atoms with E-state index >= 15 is 0 Å². The Labute approximate surface area is 198 Å². The molecule has 1 N–H and O–H groups in total. The Kier molecular flexibility index (Phi) is 6.76. The van der Waals surface area contributed by atoms with Gasteiger partial charge in [-0.3, -0.25) is 9.59 Å². The SMILES string of the molecule is Cc1cccc(N2CC(C(=O)Nc3ccc(Cl)c(S(=O)(=O)N4CCOCC4)c3)CC2=O)c1C. The van der Waals surface area contributed by atoms with Crippen LogP contribution < -0.4 is 10.2 Å². The van der Waals surface area contributed by atoms with E-state index in [0.717, 1.165) is 16.8 Å². The van der Waals surface area contributed by atoms with Gasteiger partial charge in [-0.05, 0) is 49.2 Å². The van der Waals surface area contributed by atoms with E-state index in [1.54, 1.807) is 11.0 Å². The zero-order valence-electron chi connectivity index (χ0n) is 18.5. The summed E-state index contributed by atoms with van der Waals surface area (Å²) in [5.41, 5.74) is 3.19. The maximum Gasteiger partial charge on any atom is 0.244 e. The molecule has 0 aromatic heterocycles. The van der Waals surface area contributed by atoms with Crippen LogP contribution in [0.1, 0.15) is 17.5 Å². The Hall–Kier alpha value is -2.46. The topological polar surface area (TPSA) is 96.0 Å². The van der Waals surface area contributed by atoms with E-state index in [1.807, 2.05) is 32.0 Å². The zero-order valence-corrected chi connectivity index (χ0v) is 20.1. The fourth-order valence-corrected chi connectivity index (χ4v) is 6.00. The van der Waals surface area contributed by atoms with E-state index in [0.29, 0.717) is 18.9 Å². The van der Waals surface area contributed by atoms with E-state index in [-0.39, 0.29) is 47.8 Å². The zero-order chi connectivity index (χ0) is 23.8. The maximum atomic E-state index is 13.0. The number of hydrogen-bond donors (Lipinski definition) is 1. The van der Waals surface area contributed by atoms with Crippen molar-refractivity contribution in [3.05, 3.63) is 52.5 Å². The van der Waals surface area contributed by atoms with Crippen LogP contribution >= 0.6 is 11.6 Å². The molecule has 2 aromatic carbocycles. The molecule has 33 heavy (non-hydrogen) atoms. The highest BCUT2D eigenvalue weighted by molar-refractivity contribution is 7.89. The second kappa shape index (κ2) is 9.42. The van der Waals surface area contributed by atoms with Crippen molar-refractivity contribution in [3.63, 3.8) is 0 Å². The lowest BCUT2D eigenvalue weighted by atomic mass is 10.1. The molecule has 2 heterocycles. The summed E-state index contributed by atoms with van der Waals surface area (Å²) in [7, 11) is -3.82. The summed E-state index contributed by atoms with van der Waals surface area (Å²) in [5.74, 6) is -1.00. The summed E-state index contributed by atoms with van der Waals surface area (Å²) in [6, 6.07) is 10.1. The average Bonchev–Trinajstić information content (AvgIpc) is 3.19. The highest BCUT2D eigenvalue weighted by atomic mass is 35.5. The molecule has 1 unspecified atom stereocenters. The van der Waals surface area contributed by atoms with E-state index in [4.69, 9.17) is 16.3 Å². The maximum absolute atomic E-state index is 13.0. The number of halogens is 1. The summed E-state index contributed by atoms with van der Waals surface area (Å²) in [6.07, 6.45) is 0.0890. The Morgan fingerprint density at radius 3 is 2.61 bits per heavy atom. The van der Waals surface area contributed by atoms with Gasteiger partial charge in [0, 0.05) is 37.4 Å². The second-order valence-electron chi connectivity index (χ2n) is 8.28. The summed E-state index contributed by atoms with van der Waals surface area (Å²) < 4.78 is 32.6. The van der Waals surface area contributed by atoms with Gasteiger partial charge in [0.15, 0.2) is 0 Å². The van der Waals surface area contributed by atoms with Gasteiger partial charge in [0.2, 0.25) is 21.8 Å². The van der Waals surface area contributed by atoms with Gasteiger partial charge < -0.3 is 15.0 Å². The van der Waals surface area contributed by atoms with Gasteiger partial charge in [-0.2, -0.15) is 4.31 Å². The fraction of sp³-hybridized carbons (Fsp3) is 0.391. The summed E-state index contributed by atoms with van der Waals surface area (Å²) in [6.45, 7) is 5.32. The summed E-state index contributed by atoms with van der Waals surface area (Å²) in [5, 5.41) is 2.84. The molecule has 2 aromatic rings. The van der Waals surface area contributed by atoms with Gasteiger partial charge in [-0.15, -0.1) is 0 Å². The van der Waals surface area contributed by atoms with Crippen molar-refractivity contribution < 1.29 is 22.7 Å². The number of morpholine rings is 1. The number of aryl methyl sites for hydroxylation is 1. The number of anilines is 2. The van der Waals surface area contributed by atoms with Crippen LogP contribution in [0, 0.1) is 19.8 Å². The first-order valence-corrected chi connectivity index (χ1v) is 12.5. The minimum absolute atomic E-state index is 0.0663. The molecule has 2 saturated heterocycles. The van der Waals surface area contributed by atoms with Crippen molar-refractivity contribution in [2.24, 2.45) is 5.92 Å². The lowest BCUT2D eigenvalue weighted by molar-refractivity contribution is -0.122. The quantitative estimate of drug-likeness (QED) is 0.693. The molecular formula is C23H26ClN3O5S. The Bertz CT molecular complexity index is 1190. The predicted molar refractivity (Wildman–Crippen MR) is 126 cm³/mol. The minimum atomic E-state index is -3.82. The average molecular weight is 492 g/mol. The molecular weight excluding hydrogens is 466 g/mol. The molecule has 0 aliphatic carbocycles. The largest absolute Gasteiger partial charge is 0.379 e. The number of amides is 2. The summed E-state index contributed by atoms with van der Waals surface area (Å²) in [4.78, 5) is 27.2. The molecule has 2 fully saturated rings. The van der Waals surface area contributed by atoms with Crippen LogP contribution in [0.15, 0.2) is 41.3 Å². The first kappa shape index (κ1) is 23.7. The third-order valence-corrected chi connectivity index (χ3v) is 8.53. The number of nitrogens with zero attached hydrogens (tertiary/aromatic N) is 2. The Balaban J connectivity index is 1.51. The van der Waals surface area contributed by atoms with Crippen molar-refractivity contribution in [2.75, 3.05) is 43.1 Å².